The number of anilines is 1. The lowest BCUT2D eigenvalue weighted by atomic mass is 10.2. The molecule has 0 aliphatic heterocycles. The van der Waals surface area contributed by atoms with Crippen LogP contribution in [0.5, 0.6) is 5.75 Å². The van der Waals surface area contributed by atoms with E-state index in [1.165, 1.54) is 0 Å². The number of amides is 2. The Morgan fingerprint density at radius 1 is 1.16 bits per heavy atom. The SMILES string of the molecule is CCOc1ccc(NC(=O)CNC(=O)C(CC)OC2CCCC2)cc1. The summed E-state index contributed by atoms with van der Waals surface area (Å²) in [6.07, 6.45) is 4.64. The average molecular weight is 348 g/mol. The second-order valence-electron chi connectivity index (χ2n) is 6.16. The smallest absolute Gasteiger partial charge is 0.249 e. The van der Waals surface area contributed by atoms with Crippen LogP contribution < -0.4 is 15.4 Å². The number of hydrogen-bond donors (Lipinski definition) is 2. The summed E-state index contributed by atoms with van der Waals surface area (Å²) in [5, 5.41) is 5.41. The molecule has 2 amide bonds. The Morgan fingerprint density at radius 2 is 1.84 bits per heavy atom. The molecule has 1 aromatic rings. The lowest BCUT2D eigenvalue weighted by Crippen LogP contribution is -2.41. The number of hydrogen-bond acceptors (Lipinski definition) is 4. The van der Waals surface area contributed by atoms with Crippen molar-refractivity contribution in [2.24, 2.45) is 0 Å². The van der Waals surface area contributed by atoms with Gasteiger partial charge in [0.15, 0.2) is 0 Å². The average Bonchev–Trinajstić information content (AvgIpc) is 3.12. The molecule has 0 aromatic heterocycles. The summed E-state index contributed by atoms with van der Waals surface area (Å²) in [4.78, 5) is 24.2. The van der Waals surface area contributed by atoms with Crippen LogP contribution in [0.25, 0.3) is 0 Å². The second kappa shape index (κ2) is 10.0. The lowest BCUT2D eigenvalue weighted by Gasteiger charge is -2.20. The van der Waals surface area contributed by atoms with Crippen LogP contribution in [0, 0.1) is 0 Å². The van der Waals surface area contributed by atoms with Gasteiger partial charge >= 0.3 is 0 Å². The number of benzene rings is 1. The van der Waals surface area contributed by atoms with Gasteiger partial charge < -0.3 is 20.1 Å². The predicted octanol–water partition coefficient (Wildman–Crippen LogP) is 2.88. The van der Waals surface area contributed by atoms with Crippen LogP contribution in [0.4, 0.5) is 5.69 Å². The summed E-state index contributed by atoms with van der Waals surface area (Å²) in [5.41, 5.74) is 0.664. The number of carbonyl (C=O) groups excluding carboxylic acids is 2. The van der Waals surface area contributed by atoms with Crippen molar-refractivity contribution >= 4 is 17.5 Å². The van der Waals surface area contributed by atoms with Crippen LogP contribution in [0.3, 0.4) is 0 Å². The number of nitrogens with one attached hydrogen (secondary N) is 2. The molecule has 1 aliphatic carbocycles. The summed E-state index contributed by atoms with van der Waals surface area (Å²) in [7, 11) is 0. The first-order valence-corrected chi connectivity index (χ1v) is 9.08. The molecular formula is C19H28N2O4. The van der Waals surface area contributed by atoms with Gasteiger partial charge in [-0.15, -0.1) is 0 Å². The summed E-state index contributed by atoms with van der Waals surface area (Å²) in [6, 6.07) is 7.12. The first-order chi connectivity index (χ1) is 12.1. The summed E-state index contributed by atoms with van der Waals surface area (Å²) < 4.78 is 11.2. The van der Waals surface area contributed by atoms with Gasteiger partial charge in [0.1, 0.15) is 11.9 Å². The third-order valence-electron chi connectivity index (χ3n) is 4.19. The minimum absolute atomic E-state index is 0.0728. The molecule has 0 spiro atoms. The van der Waals surface area contributed by atoms with Crippen molar-refractivity contribution in [3.8, 4) is 5.75 Å². The van der Waals surface area contributed by atoms with Crippen LogP contribution in [-0.2, 0) is 14.3 Å². The number of carbonyl (C=O) groups is 2. The molecule has 0 saturated heterocycles. The number of ether oxygens (including phenoxy) is 2. The van der Waals surface area contributed by atoms with Gasteiger partial charge in [0.25, 0.3) is 0 Å². The van der Waals surface area contributed by atoms with Crippen molar-refractivity contribution in [2.75, 3.05) is 18.5 Å². The fourth-order valence-corrected chi connectivity index (χ4v) is 2.89. The van der Waals surface area contributed by atoms with Crippen LogP contribution in [0.2, 0.25) is 0 Å². The molecule has 0 heterocycles. The van der Waals surface area contributed by atoms with Crippen molar-refractivity contribution < 1.29 is 19.1 Å². The van der Waals surface area contributed by atoms with Crippen molar-refractivity contribution in [3.05, 3.63) is 24.3 Å². The first-order valence-electron chi connectivity index (χ1n) is 9.08. The normalized spacial score (nSPS) is 15.6. The van der Waals surface area contributed by atoms with Crippen LogP contribution in [0.1, 0.15) is 46.0 Å². The fraction of sp³-hybridized carbons (Fsp3) is 0.579. The van der Waals surface area contributed by atoms with Gasteiger partial charge in [0, 0.05) is 5.69 Å². The topological polar surface area (TPSA) is 76.7 Å². The second-order valence-corrected chi connectivity index (χ2v) is 6.16. The minimum Gasteiger partial charge on any atom is -0.494 e. The van der Waals surface area contributed by atoms with Crippen molar-refractivity contribution in [1.29, 1.82) is 0 Å². The van der Waals surface area contributed by atoms with E-state index in [2.05, 4.69) is 10.6 Å². The van der Waals surface area contributed by atoms with Gasteiger partial charge in [-0.3, -0.25) is 9.59 Å². The minimum atomic E-state index is -0.485. The molecule has 2 rings (SSSR count). The largest absolute Gasteiger partial charge is 0.494 e. The van der Waals surface area contributed by atoms with E-state index in [4.69, 9.17) is 9.47 Å². The maximum atomic E-state index is 12.2. The van der Waals surface area contributed by atoms with E-state index < -0.39 is 6.10 Å². The lowest BCUT2D eigenvalue weighted by molar-refractivity contribution is -0.137. The van der Waals surface area contributed by atoms with Gasteiger partial charge in [0.05, 0.1) is 19.3 Å². The Bertz CT molecular complexity index is 553. The molecule has 6 heteroatoms. The van der Waals surface area contributed by atoms with Crippen LogP contribution in [0.15, 0.2) is 24.3 Å². The molecule has 1 aliphatic rings. The van der Waals surface area contributed by atoms with Gasteiger partial charge in [-0.25, -0.2) is 0 Å². The van der Waals surface area contributed by atoms with Gasteiger partial charge in [-0.2, -0.15) is 0 Å². The highest BCUT2D eigenvalue weighted by Gasteiger charge is 2.24. The third kappa shape index (κ3) is 6.38. The molecule has 1 saturated carbocycles. The van der Waals surface area contributed by atoms with Gasteiger partial charge in [-0.1, -0.05) is 19.8 Å². The molecule has 0 radical (unpaired) electrons. The quantitative estimate of drug-likeness (QED) is 0.719. The Morgan fingerprint density at radius 3 is 2.44 bits per heavy atom. The van der Waals surface area contributed by atoms with Crippen molar-refractivity contribution in [2.45, 2.75) is 58.2 Å². The molecule has 6 nitrogen and oxygen atoms in total. The van der Waals surface area contributed by atoms with E-state index in [1.54, 1.807) is 24.3 Å². The molecule has 1 atom stereocenters. The first kappa shape index (κ1) is 19.2. The fourth-order valence-electron chi connectivity index (χ4n) is 2.89. The highest BCUT2D eigenvalue weighted by Crippen LogP contribution is 2.23. The van der Waals surface area contributed by atoms with Crippen LogP contribution >= 0.6 is 0 Å². The van der Waals surface area contributed by atoms with Crippen molar-refractivity contribution in [3.63, 3.8) is 0 Å². The zero-order chi connectivity index (χ0) is 18.1. The van der Waals surface area contributed by atoms with E-state index in [-0.39, 0.29) is 24.5 Å². The van der Waals surface area contributed by atoms with E-state index in [9.17, 15) is 9.59 Å². The van der Waals surface area contributed by atoms with Gasteiger partial charge in [-0.05, 0) is 50.5 Å². The van der Waals surface area contributed by atoms with E-state index in [0.717, 1.165) is 31.4 Å². The Labute approximate surface area is 149 Å². The van der Waals surface area contributed by atoms with Gasteiger partial charge in [0.2, 0.25) is 11.8 Å². The van der Waals surface area contributed by atoms with E-state index >= 15 is 0 Å². The molecule has 2 N–H and O–H groups in total. The molecule has 25 heavy (non-hydrogen) atoms. The highest BCUT2D eigenvalue weighted by atomic mass is 16.5. The Hall–Kier alpha value is -2.08. The Balaban J connectivity index is 1.74. The maximum Gasteiger partial charge on any atom is 0.249 e. The summed E-state index contributed by atoms with van der Waals surface area (Å²) in [6.45, 7) is 4.35. The zero-order valence-electron chi connectivity index (χ0n) is 15.0. The molecule has 1 fully saturated rings. The van der Waals surface area contributed by atoms with Crippen molar-refractivity contribution in [1.82, 2.24) is 5.32 Å². The van der Waals surface area contributed by atoms with E-state index in [0.29, 0.717) is 18.7 Å². The highest BCUT2D eigenvalue weighted by molar-refractivity contribution is 5.95. The molecule has 0 bridgehead atoms. The Kier molecular flexibility index (Phi) is 7.73. The maximum absolute atomic E-state index is 12.2. The zero-order valence-corrected chi connectivity index (χ0v) is 15.0. The molecular weight excluding hydrogens is 320 g/mol. The summed E-state index contributed by atoms with van der Waals surface area (Å²) in [5.74, 6) is 0.258. The monoisotopic (exact) mass is 348 g/mol. The number of rotatable bonds is 9. The standard InChI is InChI=1S/C19H28N2O4/c1-3-17(25-16-7-5-6-8-16)19(23)20-13-18(22)21-14-9-11-15(12-10-14)24-4-2/h9-12,16-17H,3-8,13H2,1-2H3,(H,20,23)(H,21,22). The van der Waals surface area contributed by atoms with E-state index in [1.807, 2.05) is 13.8 Å². The molecule has 1 aromatic carbocycles. The molecule has 138 valence electrons. The summed E-state index contributed by atoms with van der Waals surface area (Å²) >= 11 is 0. The van der Waals surface area contributed by atoms with Crippen LogP contribution in [-0.4, -0.2) is 37.2 Å². The predicted molar refractivity (Wildman–Crippen MR) is 96.7 cm³/mol. The molecule has 1 unspecified atom stereocenters. The third-order valence-corrected chi connectivity index (χ3v) is 4.19.